The number of phenols is 1. The summed E-state index contributed by atoms with van der Waals surface area (Å²) in [5.41, 5.74) is 2.30. The zero-order valence-electron chi connectivity index (χ0n) is 25.0. The number of amides is 1. The molecule has 0 aliphatic rings. The first-order valence-electron chi connectivity index (χ1n) is 13.8. The molecule has 0 aliphatic heterocycles. The van der Waals surface area contributed by atoms with Crippen molar-refractivity contribution in [2.75, 3.05) is 19.0 Å². The van der Waals surface area contributed by atoms with Crippen molar-refractivity contribution in [2.24, 2.45) is 0 Å². The van der Waals surface area contributed by atoms with Crippen LogP contribution in [0, 0.1) is 0 Å². The van der Waals surface area contributed by atoms with Crippen LogP contribution in [0.3, 0.4) is 0 Å². The molecule has 0 saturated carbocycles. The van der Waals surface area contributed by atoms with Crippen LogP contribution in [0.2, 0.25) is 0 Å². The molecule has 1 heterocycles. The van der Waals surface area contributed by atoms with E-state index in [4.69, 9.17) is 24.1 Å². The first-order valence-corrected chi connectivity index (χ1v) is 13.8. The van der Waals surface area contributed by atoms with Crippen molar-refractivity contribution >= 4 is 28.3 Å². The second-order valence-corrected chi connectivity index (χ2v) is 9.85. The molecule has 4 aromatic rings. The number of hydrogen-bond acceptors (Lipinski definition) is 8. The lowest BCUT2D eigenvalue weighted by Gasteiger charge is -2.22. The molecule has 10 nitrogen and oxygen atoms in total. The zero-order valence-corrected chi connectivity index (χ0v) is 25.0. The summed E-state index contributed by atoms with van der Waals surface area (Å²) < 4.78 is 48.7. The molecule has 4 rings (SSSR count). The summed E-state index contributed by atoms with van der Waals surface area (Å²) in [6.07, 6.45) is -1.56. The molecule has 0 aliphatic carbocycles. The third-order valence-electron chi connectivity index (χ3n) is 6.13. The number of carboxylic acids is 1. The number of alkyl halides is 3. The molecule has 0 bridgehead atoms. The Hall–Kier alpha value is -5.20. The fourth-order valence-electron chi connectivity index (χ4n) is 4.09. The first kappa shape index (κ1) is 34.3. The number of carboxylic acid groups (broad SMARTS) is 1. The number of phenolic OH excluding ortho intramolecular Hbond substituents is 1. The van der Waals surface area contributed by atoms with E-state index >= 15 is 0 Å². The maximum absolute atomic E-state index is 13.6. The van der Waals surface area contributed by atoms with Gasteiger partial charge in [0, 0.05) is 30.0 Å². The van der Waals surface area contributed by atoms with Crippen LogP contribution in [0.15, 0.2) is 73.1 Å². The van der Waals surface area contributed by atoms with E-state index in [1.54, 1.807) is 30.6 Å². The summed E-state index contributed by atoms with van der Waals surface area (Å²) >= 11 is 0. The van der Waals surface area contributed by atoms with Gasteiger partial charge in [-0.1, -0.05) is 18.2 Å². The number of methoxy groups -OCH3 is 1. The average molecular weight is 630 g/mol. The monoisotopic (exact) mass is 629 g/mol. The van der Waals surface area contributed by atoms with Gasteiger partial charge in [-0.15, -0.1) is 0 Å². The van der Waals surface area contributed by atoms with Crippen molar-refractivity contribution < 1.29 is 47.2 Å². The van der Waals surface area contributed by atoms with Crippen LogP contribution < -0.4 is 24.8 Å². The van der Waals surface area contributed by atoms with Crippen LogP contribution in [0.1, 0.15) is 37.9 Å². The fraction of sp³-hybridized carbons (Fsp3) is 0.281. The first-order chi connectivity index (χ1) is 21.3. The molecule has 0 spiro atoms. The van der Waals surface area contributed by atoms with E-state index in [-0.39, 0.29) is 24.3 Å². The van der Waals surface area contributed by atoms with Gasteiger partial charge in [-0.05, 0) is 79.7 Å². The number of ether oxygens (including phenoxy) is 3. The van der Waals surface area contributed by atoms with Gasteiger partial charge in [0.05, 0.1) is 19.8 Å². The van der Waals surface area contributed by atoms with Gasteiger partial charge in [-0.25, -0.2) is 4.79 Å². The number of aromatic nitrogens is 1. The zero-order chi connectivity index (χ0) is 33.1. The molecule has 1 unspecified atom stereocenters. The minimum Gasteiger partial charge on any atom is -0.504 e. The van der Waals surface area contributed by atoms with Crippen molar-refractivity contribution in [1.82, 2.24) is 10.3 Å². The molecule has 4 N–H and O–H groups in total. The summed E-state index contributed by atoms with van der Waals surface area (Å²) in [4.78, 5) is 26.7. The van der Waals surface area contributed by atoms with Crippen molar-refractivity contribution in [3.8, 4) is 23.0 Å². The van der Waals surface area contributed by atoms with Crippen molar-refractivity contribution in [3.05, 3.63) is 84.2 Å². The number of benzene rings is 3. The van der Waals surface area contributed by atoms with Crippen LogP contribution in [0.5, 0.6) is 23.0 Å². The Balaban J connectivity index is 0.000000707. The fourth-order valence-corrected chi connectivity index (χ4v) is 4.09. The van der Waals surface area contributed by atoms with E-state index in [0.29, 0.717) is 23.9 Å². The highest BCUT2D eigenvalue weighted by Crippen LogP contribution is 2.33. The molecule has 0 saturated heterocycles. The Morgan fingerprint density at radius 1 is 0.956 bits per heavy atom. The molecule has 1 aromatic heterocycles. The Labute approximate surface area is 257 Å². The molecule has 1 atom stereocenters. The number of nitrogens with one attached hydrogen (secondary N) is 2. The standard InChI is InChI=1S/C30H33N3O5.C2HF3O2/c1-5-37-28-16-22(8-11-26(28)38-19(2)3)29(33-24-9-7-23-18-31-13-12-21(23)15-24)30(35)32-17-20-6-10-25(34)27(14-20)36-4;3-2(4,5)1(6)7/h6-16,18-19,29,33-34H,5,17H2,1-4H3,(H,32,35);(H,6,7). The number of fused-ring (bicyclic) bond motifs is 1. The highest BCUT2D eigenvalue weighted by molar-refractivity contribution is 5.89. The number of halogens is 3. The van der Waals surface area contributed by atoms with E-state index in [1.807, 2.05) is 63.2 Å². The predicted octanol–water partition coefficient (Wildman–Crippen LogP) is 6.24. The van der Waals surface area contributed by atoms with Gasteiger partial charge in [-0.3, -0.25) is 9.78 Å². The molecular formula is C32H34F3N3O7. The van der Waals surface area contributed by atoms with Crippen LogP contribution >= 0.6 is 0 Å². The SMILES string of the molecule is CCOc1cc(C(Nc2ccc3cnccc3c2)C(=O)NCc2ccc(O)c(OC)c2)ccc1OC(C)C.O=C(O)C(F)(F)F. The van der Waals surface area contributed by atoms with E-state index in [2.05, 4.69) is 15.6 Å². The van der Waals surface area contributed by atoms with Gasteiger partial charge in [0.2, 0.25) is 5.91 Å². The average Bonchev–Trinajstić information content (AvgIpc) is 3.00. The van der Waals surface area contributed by atoms with Crippen molar-refractivity contribution in [2.45, 2.75) is 45.6 Å². The highest BCUT2D eigenvalue weighted by atomic mass is 19.4. The van der Waals surface area contributed by atoms with Crippen LogP contribution in [0.25, 0.3) is 10.8 Å². The highest BCUT2D eigenvalue weighted by Gasteiger charge is 2.38. The number of rotatable bonds is 11. The number of aliphatic carboxylic acids is 1. The van der Waals surface area contributed by atoms with Crippen molar-refractivity contribution in [1.29, 1.82) is 0 Å². The second kappa shape index (κ2) is 15.5. The number of carbonyl (C=O) groups is 2. The van der Waals surface area contributed by atoms with Gasteiger partial charge in [-0.2, -0.15) is 13.2 Å². The van der Waals surface area contributed by atoms with E-state index in [1.165, 1.54) is 7.11 Å². The molecular weight excluding hydrogens is 595 g/mol. The summed E-state index contributed by atoms with van der Waals surface area (Å²) in [6, 6.07) is 17.6. The van der Waals surface area contributed by atoms with Crippen LogP contribution in [-0.2, 0) is 16.1 Å². The van der Waals surface area contributed by atoms with E-state index in [0.717, 1.165) is 27.6 Å². The normalized spacial score (nSPS) is 11.6. The van der Waals surface area contributed by atoms with Crippen LogP contribution in [-0.4, -0.2) is 53.1 Å². The summed E-state index contributed by atoms with van der Waals surface area (Å²) in [6.45, 7) is 6.53. The lowest BCUT2D eigenvalue weighted by Crippen LogP contribution is -2.33. The second-order valence-electron chi connectivity index (χ2n) is 9.85. The number of carbonyl (C=O) groups excluding carboxylic acids is 1. The summed E-state index contributed by atoms with van der Waals surface area (Å²) in [7, 11) is 1.49. The Bertz CT molecular complexity index is 1610. The number of nitrogens with zero attached hydrogens (tertiary/aromatic N) is 1. The number of anilines is 1. The minimum absolute atomic E-state index is 0.0216. The lowest BCUT2D eigenvalue weighted by atomic mass is 10.0. The molecule has 45 heavy (non-hydrogen) atoms. The molecule has 1 amide bonds. The quantitative estimate of drug-likeness (QED) is 0.152. The maximum Gasteiger partial charge on any atom is 0.490 e. The van der Waals surface area contributed by atoms with E-state index < -0.39 is 18.2 Å². The largest absolute Gasteiger partial charge is 0.504 e. The van der Waals surface area contributed by atoms with Gasteiger partial charge in [0.15, 0.2) is 23.0 Å². The van der Waals surface area contributed by atoms with Gasteiger partial charge < -0.3 is 35.1 Å². The van der Waals surface area contributed by atoms with Gasteiger partial charge in [0.25, 0.3) is 0 Å². The number of hydrogen-bond donors (Lipinski definition) is 4. The van der Waals surface area contributed by atoms with Crippen molar-refractivity contribution in [3.63, 3.8) is 0 Å². The smallest absolute Gasteiger partial charge is 0.490 e. The molecule has 0 fully saturated rings. The third-order valence-corrected chi connectivity index (χ3v) is 6.13. The van der Waals surface area contributed by atoms with E-state index in [9.17, 15) is 23.1 Å². The Kier molecular flexibility index (Phi) is 11.8. The predicted molar refractivity (Wildman–Crippen MR) is 162 cm³/mol. The molecule has 0 radical (unpaired) electrons. The summed E-state index contributed by atoms with van der Waals surface area (Å²) in [5, 5.41) is 25.4. The Morgan fingerprint density at radius 3 is 2.33 bits per heavy atom. The number of aromatic hydroxyl groups is 1. The molecule has 3 aromatic carbocycles. The minimum atomic E-state index is -5.08. The Morgan fingerprint density at radius 2 is 1.69 bits per heavy atom. The summed E-state index contributed by atoms with van der Waals surface area (Å²) in [5.74, 6) is -1.40. The lowest BCUT2D eigenvalue weighted by molar-refractivity contribution is -0.192. The van der Waals surface area contributed by atoms with Crippen LogP contribution in [0.4, 0.5) is 18.9 Å². The van der Waals surface area contributed by atoms with Gasteiger partial charge in [0.1, 0.15) is 6.04 Å². The third kappa shape index (κ3) is 9.91. The topological polar surface area (TPSA) is 139 Å². The number of pyridine rings is 1. The molecule has 240 valence electrons. The maximum atomic E-state index is 13.6. The van der Waals surface area contributed by atoms with Gasteiger partial charge >= 0.3 is 12.1 Å². The molecule has 13 heteroatoms.